The van der Waals surface area contributed by atoms with Crippen LogP contribution in [-0.2, 0) is 9.53 Å². The first-order valence-electron chi connectivity index (χ1n) is 6.00. The number of amides is 1. The molecule has 1 N–H and O–H groups in total. The van der Waals surface area contributed by atoms with Gasteiger partial charge in [-0.25, -0.2) is 0 Å². The maximum atomic E-state index is 11.3. The van der Waals surface area contributed by atoms with Gasteiger partial charge in [0, 0.05) is 23.2 Å². The van der Waals surface area contributed by atoms with E-state index in [4.69, 9.17) is 10.00 Å². The highest BCUT2D eigenvalue weighted by Crippen LogP contribution is 2.29. The number of hydrogen-bond acceptors (Lipinski definition) is 4. The van der Waals surface area contributed by atoms with Gasteiger partial charge in [0.2, 0.25) is 5.91 Å². The van der Waals surface area contributed by atoms with Gasteiger partial charge >= 0.3 is 0 Å². The minimum absolute atomic E-state index is 0.136. The predicted octanol–water partition coefficient (Wildman–Crippen LogP) is 2.14. The summed E-state index contributed by atoms with van der Waals surface area (Å²) in [4.78, 5) is 13.6. The van der Waals surface area contributed by atoms with Gasteiger partial charge in [-0.1, -0.05) is 0 Å². The SMILES string of the molecule is N#CCC(=O)Nc1ccc(N2CCOCC2)c(Br)c1. The number of nitrogens with zero attached hydrogens (tertiary/aromatic N) is 2. The zero-order chi connectivity index (χ0) is 13.7. The van der Waals surface area contributed by atoms with E-state index in [2.05, 4.69) is 26.1 Å². The van der Waals surface area contributed by atoms with Crippen molar-refractivity contribution >= 4 is 33.2 Å². The van der Waals surface area contributed by atoms with Crippen LogP contribution in [0.1, 0.15) is 6.42 Å². The van der Waals surface area contributed by atoms with Crippen LogP contribution in [0.25, 0.3) is 0 Å². The van der Waals surface area contributed by atoms with E-state index < -0.39 is 0 Å². The van der Waals surface area contributed by atoms with E-state index in [1.54, 1.807) is 0 Å². The third kappa shape index (κ3) is 3.69. The molecule has 1 aromatic carbocycles. The van der Waals surface area contributed by atoms with Crippen molar-refractivity contribution in [3.05, 3.63) is 22.7 Å². The van der Waals surface area contributed by atoms with Gasteiger partial charge in [-0.05, 0) is 34.1 Å². The Balaban J connectivity index is 2.08. The highest BCUT2D eigenvalue weighted by atomic mass is 79.9. The Morgan fingerprint density at radius 3 is 2.84 bits per heavy atom. The van der Waals surface area contributed by atoms with E-state index >= 15 is 0 Å². The fourth-order valence-corrected chi connectivity index (χ4v) is 2.55. The van der Waals surface area contributed by atoms with Crippen molar-refractivity contribution in [2.75, 3.05) is 36.5 Å². The molecule has 0 aromatic heterocycles. The number of nitriles is 1. The first-order valence-corrected chi connectivity index (χ1v) is 6.79. The molecule has 0 unspecified atom stereocenters. The van der Waals surface area contributed by atoms with Crippen LogP contribution < -0.4 is 10.2 Å². The summed E-state index contributed by atoms with van der Waals surface area (Å²) in [6.07, 6.45) is -0.136. The second-order valence-corrected chi connectivity index (χ2v) is 5.00. The summed E-state index contributed by atoms with van der Waals surface area (Å²) >= 11 is 3.51. The summed E-state index contributed by atoms with van der Waals surface area (Å²) in [5, 5.41) is 11.1. The molecule has 0 atom stereocenters. The minimum Gasteiger partial charge on any atom is -0.378 e. The van der Waals surface area contributed by atoms with Gasteiger partial charge in [-0.15, -0.1) is 0 Å². The van der Waals surface area contributed by atoms with Crippen LogP contribution >= 0.6 is 15.9 Å². The summed E-state index contributed by atoms with van der Waals surface area (Å²) in [5.74, 6) is -0.298. The summed E-state index contributed by atoms with van der Waals surface area (Å²) < 4.78 is 6.24. The fraction of sp³-hybridized carbons (Fsp3) is 0.385. The second kappa shape index (κ2) is 6.55. The summed E-state index contributed by atoms with van der Waals surface area (Å²) in [6, 6.07) is 7.46. The molecule has 0 saturated carbocycles. The number of hydrogen-bond donors (Lipinski definition) is 1. The van der Waals surface area contributed by atoms with Crippen molar-refractivity contribution < 1.29 is 9.53 Å². The molecule has 0 radical (unpaired) electrons. The van der Waals surface area contributed by atoms with Gasteiger partial charge in [0.05, 0.1) is 25.0 Å². The lowest BCUT2D eigenvalue weighted by molar-refractivity contribution is -0.115. The molecule has 2 rings (SSSR count). The van der Waals surface area contributed by atoms with E-state index in [9.17, 15) is 4.79 Å². The molecular formula is C13H14BrN3O2. The molecule has 0 aliphatic carbocycles. The number of carbonyl (C=O) groups excluding carboxylic acids is 1. The van der Waals surface area contributed by atoms with Gasteiger partial charge in [0.25, 0.3) is 0 Å². The molecule has 1 saturated heterocycles. The summed E-state index contributed by atoms with van der Waals surface area (Å²) in [6.45, 7) is 3.18. The van der Waals surface area contributed by atoms with E-state index in [1.807, 2.05) is 24.3 Å². The van der Waals surface area contributed by atoms with E-state index in [0.717, 1.165) is 36.5 Å². The first-order chi connectivity index (χ1) is 9.20. The van der Waals surface area contributed by atoms with Crippen LogP contribution in [0, 0.1) is 11.3 Å². The molecule has 1 amide bonds. The molecule has 1 aliphatic rings. The highest BCUT2D eigenvalue weighted by molar-refractivity contribution is 9.10. The van der Waals surface area contributed by atoms with Crippen molar-refractivity contribution in [2.45, 2.75) is 6.42 Å². The van der Waals surface area contributed by atoms with Gasteiger partial charge < -0.3 is 15.0 Å². The zero-order valence-corrected chi connectivity index (χ0v) is 11.9. The standard InChI is InChI=1S/C13H14BrN3O2/c14-11-9-10(16-13(18)3-4-15)1-2-12(11)17-5-7-19-8-6-17/h1-2,9H,3,5-8H2,(H,16,18). The van der Waals surface area contributed by atoms with Crippen molar-refractivity contribution in [2.24, 2.45) is 0 Å². The molecule has 5 nitrogen and oxygen atoms in total. The Morgan fingerprint density at radius 1 is 1.47 bits per heavy atom. The fourth-order valence-electron chi connectivity index (χ4n) is 1.92. The molecule has 1 aliphatic heterocycles. The van der Waals surface area contributed by atoms with Crippen molar-refractivity contribution in [3.8, 4) is 6.07 Å². The molecule has 19 heavy (non-hydrogen) atoms. The topological polar surface area (TPSA) is 65.4 Å². The number of morpholine rings is 1. The van der Waals surface area contributed by atoms with Crippen LogP contribution in [-0.4, -0.2) is 32.2 Å². The summed E-state index contributed by atoms with van der Waals surface area (Å²) in [7, 11) is 0. The molecule has 1 aromatic rings. The predicted molar refractivity (Wildman–Crippen MR) is 76.0 cm³/mol. The van der Waals surface area contributed by atoms with Crippen LogP contribution in [0.3, 0.4) is 0 Å². The lowest BCUT2D eigenvalue weighted by Crippen LogP contribution is -2.36. The zero-order valence-electron chi connectivity index (χ0n) is 10.4. The highest BCUT2D eigenvalue weighted by Gasteiger charge is 2.14. The van der Waals surface area contributed by atoms with Crippen molar-refractivity contribution in [3.63, 3.8) is 0 Å². The number of anilines is 2. The van der Waals surface area contributed by atoms with Crippen LogP contribution in [0.2, 0.25) is 0 Å². The number of halogens is 1. The van der Waals surface area contributed by atoms with Gasteiger partial charge in [-0.2, -0.15) is 5.26 Å². The van der Waals surface area contributed by atoms with Gasteiger partial charge in [-0.3, -0.25) is 4.79 Å². The van der Waals surface area contributed by atoms with E-state index in [1.165, 1.54) is 0 Å². The lowest BCUT2D eigenvalue weighted by atomic mass is 10.2. The maximum Gasteiger partial charge on any atom is 0.238 e. The Morgan fingerprint density at radius 2 is 2.21 bits per heavy atom. The van der Waals surface area contributed by atoms with Crippen molar-refractivity contribution in [1.29, 1.82) is 5.26 Å². The normalized spacial score (nSPS) is 14.8. The largest absolute Gasteiger partial charge is 0.378 e. The van der Waals surface area contributed by atoms with Crippen LogP contribution in [0.15, 0.2) is 22.7 Å². The Hall–Kier alpha value is -1.58. The monoisotopic (exact) mass is 323 g/mol. The number of rotatable bonds is 3. The van der Waals surface area contributed by atoms with Crippen LogP contribution in [0.5, 0.6) is 0 Å². The molecule has 0 spiro atoms. The molecule has 1 fully saturated rings. The van der Waals surface area contributed by atoms with Crippen molar-refractivity contribution in [1.82, 2.24) is 0 Å². The maximum absolute atomic E-state index is 11.3. The first kappa shape index (κ1) is 13.8. The quantitative estimate of drug-likeness (QED) is 0.925. The Labute approximate surface area is 120 Å². The number of nitrogens with one attached hydrogen (secondary N) is 1. The molecular weight excluding hydrogens is 310 g/mol. The van der Waals surface area contributed by atoms with Gasteiger partial charge in [0.15, 0.2) is 0 Å². The molecule has 6 heteroatoms. The number of benzene rings is 1. The smallest absolute Gasteiger partial charge is 0.238 e. The second-order valence-electron chi connectivity index (χ2n) is 4.15. The molecule has 1 heterocycles. The molecule has 0 bridgehead atoms. The third-order valence-electron chi connectivity index (χ3n) is 2.82. The Kier molecular flexibility index (Phi) is 4.77. The molecule has 100 valence electrons. The average Bonchev–Trinajstić information content (AvgIpc) is 2.40. The van der Waals surface area contributed by atoms with Gasteiger partial charge in [0.1, 0.15) is 6.42 Å². The van der Waals surface area contributed by atoms with E-state index in [-0.39, 0.29) is 12.3 Å². The number of carbonyl (C=O) groups is 1. The van der Waals surface area contributed by atoms with E-state index in [0.29, 0.717) is 5.69 Å². The average molecular weight is 324 g/mol. The lowest BCUT2D eigenvalue weighted by Gasteiger charge is -2.29. The summed E-state index contributed by atoms with van der Waals surface area (Å²) in [5.41, 5.74) is 1.77. The van der Waals surface area contributed by atoms with Crippen LogP contribution in [0.4, 0.5) is 11.4 Å². The minimum atomic E-state index is -0.298. The third-order valence-corrected chi connectivity index (χ3v) is 3.46. The number of ether oxygens (including phenoxy) is 1. The Bertz CT molecular complexity index is 507.